The van der Waals surface area contributed by atoms with Crippen LogP contribution in [-0.2, 0) is 0 Å². The van der Waals surface area contributed by atoms with Crippen molar-refractivity contribution in [2.75, 3.05) is 0 Å². The number of rotatable bonds is 7. The van der Waals surface area contributed by atoms with Crippen molar-refractivity contribution >= 4 is 0 Å². The molecule has 1 aromatic carbocycles. The smallest absolute Gasteiger partial charge is 0.159 e. The minimum absolute atomic E-state index is 0.416. The predicted octanol–water partition coefficient (Wildman–Crippen LogP) is 8.18. The second-order valence-electron chi connectivity index (χ2n) is 8.88. The van der Waals surface area contributed by atoms with Crippen LogP contribution in [0.15, 0.2) is 30.4 Å². The molecule has 0 unspecified atom stereocenters. The Hall–Kier alpha value is -1.18. The Bertz CT molecular complexity index is 590. The van der Waals surface area contributed by atoms with Gasteiger partial charge in [0.2, 0.25) is 0 Å². The zero-order valence-electron chi connectivity index (χ0n) is 16.9. The second kappa shape index (κ2) is 10.4. The molecule has 0 saturated heterocycles. The van der Waals surface area contributed by atoms with Gasteiger partial charge >= 0.3 is 0 Å². The van der Waals surface area contributed by atoms with Crippen molar-refractivity contribution in [2.24, 2.45) is 17.8 Å². The SMILES string of the molecule is CCCCC/C=C/[C@H]1CC[C@H](C2CCC(c3ccc(F)c(F)c3)CC2)CC1. The largest absolute Gasteiger partial charge is 0.204 e. The van der Waals surface area contributed by atoms with Gasteiger partial charge in [0.15, 0.2) is 11.6 Å². The lowest BCUT2D eigenvalue weighted by Crippen LogP contribution is -2.25. The van der Waals surface area contributed by atoms with Gasteiger partial charge in [0, 0.05) is 0 Å². The summed E-state index contributed by atoms with van der Waals surface area (Å²) in [5.74, 6) is 1.53. The third-order valence-electron chi connectivity index (χ3n) is 7.05. The van der Waals surface area contributed by atoms with Crippen molar-refractivity contribution in [3.05, 3.63) is 47.5 Å². The molecule has 0 radical (unpaired) electrons. The zero-order valence-corrected chi connectivity index (χ0v) is 16.9. The lowest BCUT2D eigenvalue weighted by Gasteiger charge is -2.37. The first-order valence-corrected chi connectivity index (χ1v) is 11.3. The highest BCUT2D eigenvalue weighted by atomic mass is 19.2. The maximum absolute atomic E-state index is 13.5. The van der Waals surface area contributed by atoms with Gasteiger partial charge in [-0.25, -0.2) is 8.78 Å². The topological polar surface area (TPSA) is 0 Å². The first-order chi connectivity index (χ1) is 13.2. The third-order valence-corrected chi connectivity index (χ3v) is 7.05. The summed E-state index contributed by atoms with van der Waals surface area (Å²) in [4.78, 5) is 0. The second-order valence-corrected chi connectivity index (χ2v) is 8.88. The normalized spacial score (nSPS) is 29.3. The average Bonchev–Trinajstić information content (AvgIpc) is 2.71. The van der Waals surface area contributed by atoms with Gasteiger partial charge in [-0.05, 0) is 106 Å². The Labute approximate surface area is 164 Å². The van der Waals surface area contributed by atoms with Crippen LogP contribution in [0.1, 0.15) is 95.5 Å². The van der Waals surface area contributed by atoms with Crippen molar-refractivity contribution in [1.82, 2.24) is 0 Å². The van der Waals surface area contributed by atoms with E-state index in [0.29, 0.717) is 5.92 Å². The number of halogens is 2. The van der Waals surface area contributed by atoms with Crippen LogP contribution in [0, 0.1) is 29.4 Å². The maximum atomic E-state index is 13.5. The molecule has 0 spiro atoms. The van der Waals surface area contributed by atoms with Gasteiger partial charge in [-0.15, -0.1) is 0 Å². The average molecular weight is 375 g/mol. The molecule has 0 aliphatic heterocycles. The molecule has 0 aromatic heterocycles. The molecule has 2 saturated carbocycles. The highest BCUT2D eigenvalue weighted by Gasteiger charge is 2.30. The monoisotopic (exact) mass is 374 g/mol. The van der Waals surface area contributed by atoms with Gasteiger partial charge in [-0.1, -0.05) is 38.0 Å². The summed E-state index contributed by atoms with van der Waals surface area (Å²) >= 11 is 0. The lowest BCUT2D eigenvalue weighted by atomic mass is 9.68. The van der Waals surface area contributed by atoms with Crippen molar-refractivity contribution in [2.45, 2.75) is 89.9 Å². The molecule has 3 rings (SSSR count). The van der Waals surface area contributed by atoms with Gasteiger partial charge in [0.1, 0.15) is 0 Å². The van der Waals surface area contributed by atoms with Crippen molar-refractivity contribution in [1.29, 1.82) is 0 Å². The van der Waals surface area contributed by atoms with E-state index in [9.17, 15) is 8.78 Å². The molecule has 1 aromatic rings. The van der Waals surface area contributed by atoms with Crippen LogP contribution in [0.25, 0.3) is 0 Å². The van der Waals surface area contributed by atoms with E-state index in [0.717, 1.165) is 36.2 Å². The van der Waals surface area contributed by atoms with E-state index < -0.39 is 11.6 Å². The molecule has 0 N–H and O–H groups in total. The van der Waals surface area contributed by atoms with E-state index >= 15 is 0 Å². The van der Waals surface area contributed by atoms with Gasteiger partial charge in [-0.3, -0.25) is 0 Å². The lowest BCUT2D eigenvalue weighted by molar-refractivity contribution is 0.171. The van der Waals surface area contributed by atoms with Crippen LogP contribution >= 0.6 is 0 Å². The molecular formula is C25H36F2. The van der Waals surface area contributed by atoms with E-state index in [2.05, 4.69) is 19.1 Å². The Kier molecular flexibility index (Phi) is 7.91. The molecule has 150 valence electrons. The number of benzene rings is 1. The first kappa shape index (κ1) is 20.6. The molecule has 2 fully saturated rings. The Balaban J connectivity index is 1.40. The van der Waals surface area contributed by atoms with E-state index in [1.165, 1.54) is 76.3 Å². The van der Waals surface area contributed by atoms with E-state index in [-0.39, 0.29) is 0 Å². The molecule has 0 amide bonds. The minimum atomic E-state index is -0.733. The number of unbranched alkanes of at least 4 members (excludes halogenated alkanes) is 3. The summed E-state index contributed by atoms with van der Waals surface area (Å²) in [5.41, 5.74) is 0.990. The fourth-order valence-electron chi connectivity index (χ4n) is 5.30. The van der Waals surface area contributed by atoms with Crippen LogP contribution in [0.3, 0.4) is 0 Å². The predicted molar refractivity (Wildman–Crippen MR) is 110 cm³/mol. The fourth-order valence-corrected chi connectivity index (χ4v) is 5.30. The molecule has 0 atom stereocenters. The first-order valence-electron chi connectivity index (χ1n) is 11.3. The van der Waals surface area contributed by atoms with Crippen LogP contribution in [0.4, 0.5) is 8.78 Å². The number of hydrogen-bond acceptors (Lipinski definition) is 0. The van der Waals surface area contributed by atoms with Crippen LogP contribution in [0.2, 0.25) is 0 Å². The molecule has 0 nitrogen and oxygen atoms in total. The summed E-state index contributed by atoms with van der Waals surface area (Å²) in [5, 5.41) is 0. The summed E-state index contributed by atoms with van der Waals surface area (Å²) in [6.45, 7) is 2.26. The quantitative estimate of drug-likeness (QED) is 0.333. The summed E-state index contributed by atoms with van der Waals surface area (Å²) in [6.07, 6.45) is 20.4. The van der Waals surface area contributed by atoms with Gasteiger partial charge in [0.05, 0.1) is 0 Å². The third kappa shape index (κ3) is 5.90. The summed E-state index contributed by atoms with van der Waals surface area (Å²) in [7, 11) is 0. The Morgan fingerprint density at radius 1 is 0.852 bits per heavy atom. The maximum Gasteiger partial charge on any atom is 0.159 e. The summed E-state index contributed by atoms with van der Waals surface area (Å²) in [6, 6.07) is 4.48. The van der Waals surface area contributed by atoms with E-state index in [1.54, 1.807) is 6.07 Å². The molecule has 0 heterocycles. The van der Waals surface area contributed by atoms with Crippen LogP contribution in [-0.4, -0.2) is 0 Å². The molecular weight excluding hydrogens is 338 g/mol. The zero-order chi connectivity index (χ0) is 19.1. The van der Waals surface area contributed by atoms with Crippen LogP contribution < -0.4 is 0 Å². The van der Waals surface area contributed by atoms with Gasteiger partial charge in [-0.2, -0.15) is 0 Å². The highest BCUT2D eigenvalue weighted by Crippen LogP contribution is 2.44. The number of allylic oxidation sites excluding steroid dienone is 2. The number of hydrogen-bond donors (Lipinski definition) is 0. The van der Waals surface area contributed by atoms with E-state index in [1.807, 2.05) is 0 Å². The van der Waals surface area contributed by atoms with Gasteiger partial charge in [0.25, 0.3) is 0 Å². The molecule has 0 bridgehead atoms. The van der Waals surface area contributed by atoms with Crippen molar-refractivity contribution in [3.8, 4) is 0 Å². The van der Waals surface area contributed by atoms with Crippen molar-refractivity contribution < 1.29 is 8.78 Å². The molecule has 2 heteroatoms. The van der Waals surface area contributed by atoms with Crippen molar-refractivity contribution in [3.63, 3.8) is 0 Å². The standard InChI is InChI=1S/C25H36F2/c1-2-3-4-5-6-7-19-8-10-20(11-9-19)21-12-14-22(15-13-21)23-16-17-24(26)25(27)18-23/h6-7,16-22H,2-5,8-15H2,1H3/b7-6+/t19-,20-,21?,22?. The molecule has 27 heavy (non-hydrogen) atoms. The molecule has 2 aliphatic carbocycles. The highest BCUT2D eigenvalue weighted by molar-refractivity contribution is 5.22. The summed E-state index contributed by atoms with van der Waals surface area (Å²) < 4.78 is 26.7. The minimum Gasteiger partial charge on any atom is -0.204 e. The van der Waals surface area contributed by atoms with Crippen LogP contribution in [0.5, 0.6) is 0 Å². The fraction of sp³-hybridized carbons (Fsp3) is 0.680. The Morgan fingerprint density at radius 3 is 2.15 bits per heavy atom. The van der Waals surface area contributed by atoms with Gasteiger partial charge < -0.3 is 0 Å². The Morgan fingerprint density at radius 2 is 1.52 bits per heavy atom. The van der Waals surface area contributed by atoms with E-state index in [4.69, 9.17) is 0 Å². The molecule has 2 aliphatic rings.